The van der Waals surface area contributed by atoms with Gasteiger partial charge in [0.05, 0.1) is 12.4 Å². The molecule has 0 saturated heterocycles. The van der Waals surface area contributed by atoms with Gasteiger partial charge in [-0.1, -0.05) is 6.92 Å². The lowest BCUT2D eigenvalue weighted by molar-refractivity contribution is 0.197. The predicted octanol–water partition coefficient (Wildman–Crippen LogP) is 2.48. The van der Waals surface area contributed by atoms with Crippen molar-refractivity contribution in [3.8, 4) is 0 Å². The maximum Gasteiger partial charge on any atom is 0.0954 e. The molecule has 0 aromatic carbocycles. The van der Waals surface area contributed by atoms with Crippen LogP contribution in [0.3, 0.4) is 0 Å². The van der Waals surface area contributed by atoms with Crippen LogP contribution in [-0.2, 0) is 4.74 Å². The molecule has 0 amide bonds. The highest BCUT2D eigenvalue weighted by atomic mass is 16.5. The van der Waals surface area contributed by atoms with Crippen molar-refractivity contribution in [2.75, 3.05) is 6.61 Å². The molecule has 0 bridgehead atoms. The molecule has 0 radical (unpaired) electrons. The minimum Gasteiger partial charge on any atom is -0.498 e. The van der Waals surface area contributed by atoms with Crippen LogP contribution < -0.4 is 0 Å². The lowest BCUT2D eigenvalue weighted by atomic mass is 9.94. The minimum absolute atomic E-state index is 0.832. The molecule has 0 fully saturated rings. The molecule has 0 heterocycles. The van der Waals surface area contributed by atoms with Gasteiger partial charge in [-0.05, 0) is 25.3 Å². The number of ether oxygens (including phenoxy) is 1. The van der Waals surface area contributed by atoms with E-state index in [4.69, 9.17) is 4.74 Å². The molecule has 0 saturated carbocycles. The first-order valence-electron chi connectivity index (χ1n) is 3.72. The number of hydrogen-bond acceptors (Lipinski definition) is 1. The molecule has 1 rings (SSSR count). The topological polar surface area (TPSA) is 9.23 Å². The zero-order valence-corrected chi connectivity index (χ0v) is 6.24. The van der Waals surface area contributed by atoms with Gasteiger partial charge >= 0.3 is 0 Å². The summed E-state index contributed by atoms with van der Waals surface area (Å²) in [7, 11) is 0. The van der Waals surface area contributed by atoms with Crippen molar-refractivity contribution < 1.29 is 4.74 Å². The summed E-state index contributed by atoms with van der Waals surface area (Å²) in [5, 5.41) is 0. The molecule has 0 N–H and O–H groups in total. The molecule has 9 heavy (non-hydrogen) atoms. The second-order valence-corrected chi connectivity index (χ2v) is 2.31. The van der Waals surface area contributed by atoms with Crippen LogP contribution in [0, 0.1) is 0 Å². The predicted molar refractivity (Wildman–Crippen MR) is 38.2 cm³/mol. The molecule has 0 atom stereocenters. The molecule has 1 aliphatic carbocycles. The largest absolute Gasteiger partial charge is 0.498 e. The van der Waals surface area contributed by atoms with E-state index >= 15 is 0 Å². The molecule has 0 aromatic rings. The van der Waals surface area contributed by atoms with Crippen LogP contribution in [0.25, 0.3) is 0 Å². The fourth-order valence-electron chi connectivity index (χ4n) is 1.13. The van der Waals surface area contributed by atoms with Gasteiger partial charge in [0, 0.05) is 6.42 Å². The van der Waals surface area contributed by atoms with Gasteiger partial charge in [-0.25, -0.2) is 0 Å². The number of rotatable bonds is 3. The first-order valence-corrected chi connectivity index (χ1v) is 3.72. The van der Waals surface area contributed by atoms with E-state index in [0.29, 0.717) is 0 Å². The van der Waals surface area contributed by atoms with Crippen molar-refractivity contribution in [1.29, 1.82) is 0 Å². The summed E-state index contributed by atoms with van der Waals surface area (Å²) in [5.41, 5.74) is 1.52. The van der Waals surface area contributed by atoms with Crippen molar-refractivity contribution in [1.82, 2.24) is 0 Å². The summed E-state index contributed by atoms with van der Waals surface area (Å²) in [4.78, 5) is 0. The lowest BCUT2D eigenvalue weighted by Gasteiger charge is -2.22. The molecule has 0 aromatic heterocycles. The van der Waals surface area contributed by atoms with Gasteiger partial charge in [-0.3, -0.25) is 0 Å². The summed E-state index contributed by atoms with van der Waals surface area (Å²) in [6.07, 6.45) is 3.62. The van der Waals surface area contributed by atoms with Gasteiger partial charge < -0.3 is 4.74 Å². The molecule has 1 nitrogen and oxygen atoms in total. The average Bonchev–Trinajstić information content (AvgIpc) is 1.82. The number of hydrogen-bond donors (Lipinski definition) is 0. The van der Waals surface area contributed by atoms with Crippen molar-refractivity contribution in [2.45, 2.75) is 33.1 Å². The SMILES string of the molecule is CCOC1=C(CC)CC1. The first kappa shape index (κ1) is 6.66. The Hall–Kier alpha value is -0.460. The van der Waals surface area contributed by atoms with Crippen molar-refractivity contribution >= 4 is 0 Å². The van der Waals surface area contributed by atoms with Gasteiger partial charge in [-0.15, -0.1) is 0 Å². The Labute approximate surface area is 56.7 Å². The van der Waals surface area contributed by atoms with E-state index in [1.165, 1.54) is 30.6 Å². The van der Waals surface area contributed by atoms with E-state index in [0.717, 1.165) is 6.61 Å². The summed E-state index contributed by atoms with van der Waals surface area (Å²) < 4.78 is 5.36. The molecular formula is C8H14O. The summed E-state index contributed by atoms with van der Waals surface area (Å²) >= 11 is 0. The second-order valence-electron chi connectivity index (χ2n) is 2.31. The van der Waals surface area contributed by atoms with E-state index < -0.39 is 0 Å². The smallest absolute Gasteiger partial charge is 0.0954 e. The summed E-state index contributed by atoms with van der Waals surface area (Å²) in [6.45, 7) is 5.06. The van der Waals surface area contributed by atoms with Gasteiger partial charge in [0.25, 0.3) is 0 Å². The monoisotopic (exact) mass is 126 g/mol. The highest BCUT2D eigenvalue weighted by molar-refractivity contribution is 5.18. The van der Waals surface area contributed by atoms with Crippen LogP contribution in [0.4, 0.5) is 0 Å². The van der Waals surface area contributed by atoms with E-state index in [2.05, 4.69) is 6.92 Å². The zero-order valence-electron chi connectivity index (χ0n) is 6.24. The summed E-state index contributed by atoms with van der Waals surface area (Å²) in [6, 6.07) is 0. The van der Waals surface area contributed by atoms with E-state index in [1.807, 2.05) is 6.92 Å². The molecule has 1 heteroatoms. The Morgan fingerprint density at radius 1 is 1.33 bits per heavy atom. The molecule has 52 valence electrons. The maximum absolute atomic E-state index is 5.36. The second kappa shape index (κ2) is 2.90. The normalized spacial score (nSPS) is 17.6. The zero-order chi connectivity index (χ0) is 6.69. The molecule has 0 spiro atoms. The Bertz CT molecular complexity index is 125. The van der Waals surface area contributed by atoms with Gasteiger partial charge in [0.1, 0.15) is 0 Å². The standard InChI is InChI=1S/C8H14O/c1-3-7-5-6-8(7)9-4-2/h3-6H2,1-2H3. The van der Waals surface area contributed by atoms with Crippen molar-refractivity contribution in [2.24, 2.45) is 0 Å². The molecular weight excluding hydrogens is 112 g/mol. The van der Waals surface area contributed by atoms with Crippen LogP contribution in [0.2, 0.25) is 0 Å². The van der Waals surface area contributed by atoms with E-state index in [-0.39, 0.29) is 0 Å². The Morgan fingerprint density at radius 3 is 2.44 bits per heavy atom. The van der Waals surface area contributed by atoms with Gasteiger partial charge in [-0.2, -0.15) is 0 Å². The third-order valence-electron chi connectivity index (χ3n) is 1.79. The maximum atomic E-state index is 5.36. The van der Waals surface area contributed by atoms with E-state index in [9.17, 15) is 0 Å². The van der Waals surface area contributed by atoms with E-state index in [1.54, 1.807) is 0 Å². The highest BCUT2D eigenvalue weighted by Gasteiger charge is 2.15. The fraction of sp³-hybridized carbons (Fsp3) is 0.750. The first-order chi connectivity index (χ1) is 4.38. The number of allylic oxidation sites excluding steroid dienone is 2. The molecule has 0 unspecified atom stereocenters. The van der Waals surface area contributed by atoms with Crippen LogP contribution in [0.1, 0.15) is 33.1 Å². The third-order valence-corrected chi connectivity index (χ3v) is 1.79. The van der Waals surface area contributed by atoms with Crippen molar-refractivity contribution in [3.05, 3.63) is 11.3 Å². The third kappa shape index (κ3) is 1.26. The van der Waals surface area contributed by atoms with Crippen LogP contribution in [-0.4, -0.2) is 6.61 Å². The van der Waals surface area contributed by atoms with Crippen LogP contribution in [0.5, 0.6) is 0 Å². The average molecular weight is 126 g/mol. The fourth-order valence-corrected chi connectivity index (χ4v) is 1.13. The quantitative estimate of drug-likeness (QED) is 0.564. The lowest BCUT2D eigenvalue weighted by Crippen LogP contribution is -2.06. The van der Waals surface area contributed by atoms with Crippen molar-refractivity contribution in [3.63, 3.8) is 0 Å². The highest BCUT2D eigenvalue weighted by Crippen LogP contribution is 2.30. The molecule has 0 aliphatic heterocycles. The van der Waals surface area contributed by atoms with Gasteiger partial charge in [0.15, 0.2) is 0 Å². The molecule has 1 aliphatic rings. The Kier molecular flexibility index (Phi) is 2.15. The van der Waals surface area contributed by atoms with Gasteiger partial charge in [0.2, 0.25) is 0 Å². The summed E-state index contributed by atoms with van der Waals surface area (Å²) in [5.74, 6) is 1.26. The minimum atomic E-state index is 0.832. The van der Waals surface area contributed by atoms with Crippen LogP contribution >= 0.6 is 0 Å². The Balaban J connectivity index is 2.39. The van der Waals surface area contributed by atoms with Crippen LogP contribution in [0.15, 0.2) is 11.3 Å². The Morgan fingerprint density at radius 2 is 2.11 bits per heavy atom.